The van der Waals surface area contributed by atoms with Crippen LogP contribution in [-0.4, -0.2) is 24.0 Å². The largest absolute Gasteiger partial charge is 0.489 e. The van der Waals surface area contributed by atoms with Crippen LogP contribution >= 0.6 is 0 Å². The zero-order chi connectivity index (χ0) is 20.1. The molecule has 0 aromatic heterocycles. The molecule has 142 valence electrons. The van der Waals surface area contributed by atoms with Gasteiger partial charge in [0.05, 0.1) is 5.56 Å². The molecule has 6 heteroatoms. The van der Waals surface area contributed by atoms with Gasteiger partial charge in [-0.3, -0.25) is 5.41 Å². The highest BCUT2D eigenvalue weighted by molar-refractivity contribution is 5.96. The Labute approximate surface area is 163 Å². The van der Waals surface area contributed by atoms with Gasteiger partial charge in [-0.05, 0) is 65.2 Å². The summed E-state index contributed by atoms with van der Waals surface area (Å²) in [6.07, 6.45) is 0. The molecule has 3 aromatic rings. The first-order valence-electron chi connectivity index (χ1n) is 8.69. The molecule has 0 unspecified atom stereocenters. The molecule has 0 atom stereocenters. The van der Waals surface area contributed by atoms with Crippen LogP contribution in [-0.2, 0) is 6.61 Å². The first-order chi connectivity index (χ1) is 13.5. The van der Waals surface area contributed by atoms with Gasteiger partial charge < -0.3 is 20.9 Å². The Morgan fingerprint density at radius 1 is 1.04 bits per heavy atom. The summed E-state index contributed by atoms with van der Waals surface area (Å²) >= 11 is 0. The van der Waals surface area contributed by atoms with Gasteiger partial charge in [0, 0.05) is 18.3 Å². The minimum Gasteiger partial charge on any atom is -0.489 e. The SMILES string of the molecule is CNc1ccc(OCc2cc(C(=O)O)cc(-c3cccc(C(=N)N)c3)c2)cc1. The maximum absolute atomic E-state index is 11.6. The Bertz CT molecular complexity index is 1010. The molecule has 6 nitrogen and oxygen atoms in total. The van der Waals surface area contributed by atoms with Crippen LogP contribution in [0.1, 0.15) is 21.5 Å². The number of carboxylic acids is 1. The van der Waals surface area contributed by atoms with Crippen molar-refractivity contribution < 1.29 is 14.6 Å². The van der Waals surface area contributed by atoms with Gasteiger partial charge in [-0.1, -0.05) is 18.2 Å². The van der Waals surface area contributed by atoms with Gasteiger partial charge in [-0.25, -0.2) is 4.79 Å². The Hall–Kier alpha value is -3.80. The van der Waals surface area contributed by atoms with E-state index in [9.17, 15) is 9.90 Å². The lowest BCUT2D eigenvalue weighted by Gasteiger charge is -2.11. The van der Waals surface area contributed by atoms with E-state index < -0.39 is 5.97 Å². The fraction of sp³-hybridized carbons (Fsp3) is 0.0909. The van der Waals surface area contributed by atoms with E-state index in [0.717, 1.165) is 22.4 Å². The Morgan fingerprint density at radius 3 is 2.39 bits per heavy atom. The van der Waals surface area contributed by atoms with E-state index >= 15 is 0 Å². The van der Waals surface area contributed by atoms with E-state index in [4.69, 9.17) is 15.9 Å². The highest BCUT2D eigenvalue weighted by atomic mass is 16.5. The molecule has 0 radical (unpaired) electrons. The molecule has 28 heavy (non-hydrogen) atoms. The molecule has 0 fully saturated rings. The molecule has 0 saturated heterocycles. The van der Waals surface area contributed by atoms with Crippen molar-refractivity contribution >= 4 is 17.5 Å². The number of ether oxygens (including phenoxy) is 1. The van der Waals surface area contributed by atoms with Gasteiger partial charge in [-0.15, -0.1) is 0 Å². The van der Waals surface area contributed by atoms with Crippen molar-refractivity contribution in [1.29, 1.82) is 5.41 Å². The van der Waals surface area contributed by atoms with E-state index in [2.05, 4.69) is 5.32 Å². The number of carboxylic acid groups (broad SMARTS) is 1. The van der Waals surface area contributed by atoms with E-state index in [-0.39, 0.29) is 18.0 Å². The number of amidine groups is 1. The molecule has 5 N–H and O–H groups in total. The summed E-state index contributed by atoms with van der Waals surface area (Å²) in [6.45, 7) is 0.236. The summed E-state index contributed by atoms with van der Waals surface area (Å²) in [5.74, 6) is -0.353. The molecule has 0 aliphatic carbocycles. The van der Waals surface area contributed by atoms with Crippen molar-refractivity contribution in [3.63, 3.8) is 0 Å². The third-order valence-electron chi connectivity index (χ3n) is 4.30. The first kappa shape index (κ1) is 19.0. The summed E-state index contributed by atoms with van der Waals surface area (Å²) in [4.78, 5) is 11.6. The second kappa shape index (κ2) is 8.26. The number of anilines is 1. The molecule has 3 aromatic carbocycles. The van der Waals surface area contributed by atoms with Crippen molar-refractivity contribution in [2.24, 2.45) is 5.73 Å². The van der Waals surface area contributed by atoms with Crippen molar-refractivity contribution in [2.75, 3.05) is 12.4 Å². The molecule has 3 rings (SSSR count). The number of carbonyl (C=O) groups is 1. The minimum atomic E-state index is -1.01. The molecule has 0 bridgehead atoms. The molecule has 0 heterocycles. The smallest absolute Gasteiger partial charge is 0.335 e. The van der Waals surface area contributed by atoms with Crippen molar-refractivity contribution in [2.45, 2.75) is 6.61 Å². The summed E-state index contributed by atoms with van der Waals surface area (Å²) in [5, 5.41) is 20.1. The first-order valence-corrected chi connectivity index (χ1v) is 8.69. The lowest BCUT2D eigenvalue weighted by Crippen LogP contribution is -2.10. The number of aromatic carboxylic acids is 1. The van der Waals surface area contributed by atoms with Crippen LogP contribution in [0.15, 0.2) is 66.7 Å². The van der Waals surface area contributed by atoms with Crippen LogP contribution in [0.2, 0.25) is 0 Å². The maximum Gasteiger partial charge on any atom is 0.335 e. The van der Waals surface area contributed by atoms with E-state index in [1.807, 2.05) is 43.4 Å². The zero-order valence-corrected chi connectivity index (χ0v) is 15.4. The predicted molar refractivity (Wildman–Crippen MR) is 110 cm³/mol. The molecule has 0 aliphatic heterocycles. The van der Waals surface area contributed by atoms with Gasteiger partial charge in [-0.2, -0.15) is 0 Å². The monoisotopic (exact) mass is 375 g/mol. The van der Waals surface area contributed by atoms with Gasteiger partial charge in [0.2, 0.25) is 0 Å². The summed E-state index contributed by atoms with van der Waals surface area (Å²) in [5.41, 5.74) is 9.56. The fourth-order valence-corrected chi connectivity index (χ4v) is 2.82. The highest BCUT2D eigenvalue weighted by Crippen LogP contribution is 2.25. The Morgan fingerprint density at radius 2 is 1.75 bits per heavy atom. The molecule has 0 spiro atoms. The highest BCUT2D eigenvalue weighted by Gasteiger charge is 2.10. The molecular formula is C22H21N3O3. The number of nitrogens with two attached hydrogens (primary N) is 1. The second-order valence-electron chi connectivity index (χ2n) is 6.28. The number of benzene rings is 3. The van der Waals surface area contributed by atoms with E-state index in [0.29, 0.717) is 11.3 Å². The van der Waals surface area contributed by atoms with E-state index in [1.54, 1.807) is 30.3 Å². The van der Waals surface area contributed by atoms with Crippen LogP contribution in [0.5, 0.6) is 5.75 Å². The third-order valence-corrected chi connectivity index (χ3v) is 4.30. The quantitative estimate of drug-likeness (QED) is 0.369. The number of hydrogen-bond donors (Lipinski definition) is 4. The normalized spacial score (nSPS) is 10.3. The predicted octanol–water partition coefficient (Wildman–Crippen LogP) is 3.96. The third kappa shape index (κ3) is 4.48. The average molecular weight is 375 g/mol. The van der Waals surface area contributed by atoms with Crippen LogP contribution in [0, 0.1) is 5.41 Å². The van der Waals surface area contributed by atoms with Crippen molar-refractivity contribution in [3.8, 4) is 16.9 Å². The molecule has 0 saturated carbocycles. The number of rotatable bonds is 7. The second-order valence-corrected chi connectivity index (χ2v) is 6.28. The van der Waals surface area contributed by atoms with Gasteiger partial charge in [0.1, 0.15) is 18.2 Å². The Balaban J connectivity index is 1.89. The van der Waals surface area contributed by atoms with Crippen LogP contribution < -0.4 is 15.8 Å². The minimum absolute atomic E-state index is 0.0372. The van der Waals surface area contributed by atoms with Gasteiger partial charge in [0.15, 0.2) is 0 Å². The standard InChI is InChI=1S/C22H21N3O3/c1-25-19-5-7-20(8-6-19)28-13-14-9-17(12-18(10-14)22(26)27)15-3-2-4-16(11-15)21(23)24/h2-12,25H,13H2,1H3,(H3,23,24)(H,26,27). The topological polar surface area (TPSA) is 108 Å². The van der Waals surface area contributed by atoms with Crippen LogP contribution in [0.25, 0.3) is 11.1 Å². The summed E-state index contributed by atoms with van der Waals surface area (Å²) in [6, 6.07) is 19.8. The zero-order valence-electron chi connectivity index (χ0n) is 15.4. The maximum atomic E-state index is 11.6. The van der Waals surface area contributed by atoms with Crippen LogP contribution in [0.4, 0.5) is 5.69 Å². The molecular weight excluding hydrogens is 354 g/mol. The fourth-order valence-electron chi connectivity index (χ4n) is 2.82. The van der Waals surface area contributed by atoms with E-state index in [1.165, 1.54) is 0 Å². The average Bonchev–Trinajstić information content (AvgIpc) is 2.72. The summed E-state index contributed by atoms with van der Waals surface area (Å²) in [7, 11) is 1.84. The Kier molecular flexibility index (Phi) is 5.60. The van der Waals surface area contributed by atoms with Crippen LogP contribution in [0.3, 0.4) is 0 Å². The van der Waals surface area contributed by atoms with Gasteiger partial charge >= 0.3 is 5.97 Å². The number of nitrogen functional groups attached to an aromatic ring is 1. The lowest BCUT2D eigenvalue weighted by molar-refractivity contribution is 0.0696. The van der Waals surface area contributed by atoms with Crippen molar-refractivity contribution in [3.05, 3.63) is 83.4 Å². The number of nitrogens with one attached hydrogen (secondary N) is 2. The van der Waals surface area contributed by atoms with Gasteiger partial charge in [0.25, 0.3) is 0 Å². The molecule has 0 aliphatic rings. The van der Waals surface area contributed by atoms with Crippen molar-refractivity contribution in [1.82, 2.24) is 0 Å². The summed E-state index contributed by atoms with van der Waals surface area (Å²) < 4.78 is 5.80. The lowest BCUT2D eigenvalue weighted by atomic mass is 9.98. The number of hydrogen-bond acceptors (Lipinski definition) is 4. The molecule has 0 amide bonds.